The van der Waals surface area contributed by atoms with Gasteiger partial charge in [-0.1, -0.05) is 12.1 Å². The molecule has 0 aliphatic carbocycles. The number of carbonyl (C=O) groups is 3. The Hall–Kier alpha value is -3.16. The van der Waals surface area contributed by atoms with E-state index in [4.69, 9.17) is 4.74 Å². The number of carbonyl (C=O) groups excluding carboxylic acids is 3. The van der Waals surface area contributed by atoms with Gasteiger partial charge in [0.15, 0.2) is 0 Å². The topological polar surface area (TPSA) is 91.5 Å². The zero-order valence-corrected chi connectivity index (χ0v) is 18.8. The summed E-state index contributed by atoms with van der Waals surface area (Å²) in [4.78, 5) is 42.2. The lowest BCUT2D eigenvalue weighted by Gasteiger charge is -2.32. The van der Waals surface area contributed by atoms with Crippen molar-refractivity contribution < 1.29 is 23.5 Å². The number of aryl methyl sites for hydroxylation is 1. The van der Waals surface area contributed by atoms with Crippen LogP contribution in [0.5, 0.6) is 0 Å². The van der Waals surface area contributed by atoms with E-state index in [1.54, 1.807) is 37.8 Å². The van der Waals surface area contributed by atoms with Gasteiger partial charge in [-0.15, -0.1) is 0 Å². The minimum Gasteiger partial charge on any atom is -0.461 e. The fourth-order valence-electron chi connectivity index (χ4n) is 4.16. The fourth-order valence-corrected chi connectivity index (χ4v) is 4.16. The second-order valence-electron chi connectivity index (χ2n) is 8.19. The first-order valence-corrected chi connectivity index (χ1v) is 11.0. The van der Waals surface area contributed by atoms with Crippen molar-refractivity contribution in [1.82, 2.24) is 15.2 Å². The number of nitrogens with zero attached hydrogens (tertiary/aromatic N) is 1. The predicted molar refractivity (Wildman–Crippen MR) is 118 cm³/mol. The number of nitrogens with one attached hydrogen (secondary N) is 2. The normalized spacial score (nSPS) is 14.3. The number of rotatable bonds is 7. The average molecular weight is 444 g/mol. The lowest BCUT2D eigenvalue weighted by Crippen LogP contribution is -2.40. The van der Waals surface area contributed by atoms with Crippen LogP contribution in [0.25, 0.3) is 0 Å². The van der Waals surface area contributed by atoms with Gasteiger partial charge in [-0.3, -0.25) is 9.59 Å². The molecule has 32 heavy (non-hydrogen) atoms. The molecule has 0 atom stereocenters. The maximum atomic E-state index is 13.2. The zero-order chi connectivity index (χ0) is 23.3. The highest BCUT2D eigenvalue weighted by Gasteiger charge is 2.29. The molecule has 2 amide bonds. The molecule has 2 aromatic rings. The van der Waals surface area contributed by atoms with Crippen LogP contribution in [0.2, 0.25) is 0 Å². The van der Waals surface area contributed by atoms with Gasteiger partial charge in [0.2, 0.25) is 5.91 Å². The number of hydrogen-bond acceptors (Lipinski definition) is 4. The van der Waals surface area contributed by atoms with Crippen LogP contribution in [0.15, 0.2) is 24.3 Å². The highest BCUT2D eigenvalue weighted by molar-refractivity contribution is 6.01. The number of halogens is 1. The third kappa shape index (κ3) is 5.55. The molecule has 2 N–H and O–H groups in total. The van der Waals surface area contributed by atoms with Gasteiger partial charge >= 0.3 is 5.97 Å². The molecule has 7 nitrogen and oxygen atoms in total. The Bertz CT molecular complexity index is 993. The molecule has 1 aliphatic heterocycles. The van der Waals surface area contributed by atoms with E-state index in [0.29, 0.717) is 48.6 Å². The fraction of sp³-hybridized carbons (Fsp3) is 0.458. The van der Waals surface area contributed by atoms with Crippen molar-refractivity contribution in [2.75, 3.05) is 19.7 Å². The van der Waals surface area contributed by atoms with Crippen molar-refractivity contribution in [3.05, 3.63) is 58.2 Å². The highest BCUT2D eigenvalue weighted by Crippen LogP contribution is 2.25. The summed E-state index contributed by atoms with van der Waals surface area (Å²) in [6.45, 7) is 6.93. The van der Waals surface area contributed by atoms with Crippen molar-refractivity contribution >= 4 is 17.8 Å². The smallest absolute Gasteiger partial charge is 0.355 e. The van der Waals surface area contributed by atoms with Gasteiger partial charge in [-0.2, -0.15) is 0 Å². The van der Waals surface area contributed by atoms with Crippen molar-refractivity contribution in [3.8, 4) is 0 Å². The van der Waals surface area contributed by atoms with Crippen LogP contribution < -0.4 is 5.32 Å². The van der Waals surface area contributed by atoms with E-state index in [9.17, 15) is 18.8 Å². The number of piperidine rings is 1. The van der Waals surface area contributed by atoms with Crippen LogP contribution in [0, 0.1) is 25.6 Å². The Morgan fingerprint density at radius 2 is 1.94 bits per heavy atom. The van der Waals surface area contributed by atoms with E-state index in [2.05, 4.69) is 10.3 Å². The van der Waals surface area contributed by atoms with E-state index < -0.39 is 5.97 Å². The number of esters is 1. The predicted octanol–water partition coefficient (Wildman–Crippen LogP) is 3.51. The summed E-state index contributed by atoms with van der Waals surface area (Å²) >= 11 is 0. The van der Waals surface area contributed by atoms with E-state index >= 15 is 0 Å². The summed E-state index contributed by atoms with van der Waals surface area (Å²) in [5.41, 5.74) is 2.80. The Morgan fingerprint density at radius 3 is 2.59 bits per heavy atom. The molecule has 3 rings (SSSR count). The minimum absolute atomic E-state index is 0.0737. The summed E-state index contributed by atoms with van der Waals surface area (Å²) in [5.74, 6) is -0.780. The van der Waals surface area contributed by atoms with Crippen LogP contribution in [-0.2, 0) is 16.1 Å². The number of amides is 2. The molecule has 8 heteroatoms. The number of likely N-dealkylation sites (tertiary alicyclic amines) is 1. The van der Waals surface area contributed by atoms with Crippen LogP contribution in [-0.4, -0.2) is 47.4 Å². The first kappa shape index (κ1) is 23.5. The summed E-state index contributed by atoms with van der Waals surface area (Å²) in [6.07, 6.45) is 1.84. The zero-order valence-electron chi connectivity index (χ0n) is 18.8. The number of aromatic amines is 1. The Morgan fingerprint density at radius 1 is 1.22 bits per heavy atom. The molecule has 0 bridgehead atoms. The summed E-state index contributed by atoms with van der Waals surface area (Å²) in [7, 11) is 0. The Balaban J connectivity index is 1.51. The number of ether oxygens (including phenoxy) is 1. The number of H-pyrrole nitrogens is 1. The second kappa shape index (κ2) is 10.4. The summed E-state index contributed by atoms with van der Waals surface area (Å²) in [5, 5.41) is 2.84. The van der Waals surface area contributed by atoms with E-state index in [0.717, 1.165) is 18.4 Å². The first-order chi connectivity index (χ1) is 15.3. The lowest BCUT2D eigenvalue weighted by molar-refractivity contribution is -0.122. The van der Waals surface area contributed by atoms with Crippen LogP contribution in [0.1, 0.15) is 63.9 Å². The molecule has 1 saturated heterocycles. The van der Waals surface area contributed by atoms with Gasteiger partial charge in [-0.05, 0) is 62.8 Å². The number of hydrogen-bond donors (Lipinski definition) is 2. The van der Waals surface area contributed by atoms with Crippen LogP contribution in [0.4, 0.5) is 4.39 Å². The van der Waals surface area contributed by atoms with Gasteiger partial charge in [0.05, 0.1) is 12.2 Å². The van der Waals surface area contributed by atoms with Crippen molar-refractivity contribution in [3.63, 3.8) is 0 Å². The molecule has 0 unspecified atom stereocenters. The first-order valence-electron chi connectivity index (χ1n) is 11.0. The lowest BCUT2D eigenvalue weighted by atomic mass is 9.92. The molecule has 1 aromatic carbocycles. The SMILES string of the molecule is CCOC(=O)c1[nH]c(C)c(C(=O)N2CCC(CC(=O)NCc3cccc(F)c3)CC2)c1C. The molecule has 172 valence electrons. The molecule has 1 aromatic heterocycles. The molecule has 1 aliphatic rings. The molecular formula is C24H30FN3O4. The third-order valence-electron chi connectivity index (χ3n) is 5.89. The van der Waals surface area contributed by atoms with Crippen molar-refractivity contribution in [2.45, 2.75) is 46.6 Å². The number of benzene rings is 1. The molecule has 0 saturated carbocycles. The molecule has 1 fully saturated rings. The Labute approximate surface area is 187 Å². The van der Waals surface area contributed by atoms with E-state index in [-0.39, 0.29) is 30.2 Å². The number of aromatic nitrogens is 1. The Kier molecular flexibility index (Phi) is 7.66. The van der Waals surface area contributed by atoms with E-state index in [1.165, 1.54) is 12.1 Å². The van der Waals surface area contributed by atoms with Crippen molar-refractivity contribution in [1.29, 1.82) is 0 Å². The maximum Gasteiger partial charge on any atom is 0.355 e. The summed E-state index contributed by atoms with van der Waals surface area (Å²) < 4.78 is 18.3. The largest absolute Gasteiger partial charge is 0.461 e. The maximum absolute atomic E-state index is 13.2. The third-order valence-corrected chi connectivity index (χ3v) is 5.89. The van der Waals surface area contributed by atoms with E-state index in [1.807, 2.05) is 0 Å². The van der Waals surface area contributed by atoms with Gasteiger partial charge in [0.1, 0.15) is 11.5 Å². The quantitative estimate of drug-likeness (QED) is 0.641. The molecular weight excluding hydrogens is 413 g/mol. The second-order valence-corrected chi connectivity index (χ2v) is 8.19. The van der Waals surface area contributed by atoms with Gasteiger partial charge in [0, 0.05) is 31.7 Å². The van der Waals surface area contributed by atoms with Crippen molar-refractivity contribution in [2.24, 2.45) is 5.92 Å². The van der Waals surface area contributed by atoms with Gasteiger partial charge in [0.25, 0.3) is 5.91 Å². The monoisotopic (exact) mass is 443 g/mol. The van der Waals surface area contributed by atoms with Gasteiger partial charge < -0.3 is 19.9 Å². The van der Waals surface area contributed by atoms with Gasteiger partial charge in [-0.25, -0.2) is 9.18 Å². The molecule has 2 heterocycles. The molecule has 0 spiro atoms. The van der Waals surface area contributed by atoms with Crippen LogP contribution in [0.3, 0.4) is 0 Å². The highest BCUT2D eigenvalue weighted by atomic mass is 19.1. The summed E-state index contributed by atoms with van der Waals surface area (Å²) in [6, 6.07) is 6.16. The minimum atomic E-state index is -0.463. The standard InChI is InChI=1S/C24H30FN3O4/c1-4-32-24(31)22-15(2)21(16(3)27-22)23(30)28-10-8-17(9-11-28)13-20(29)26-14-18-6-5-7-19(25)12-18/h5-7,12,17,27H,4,8-11,13-14H2,1-3H3,(H,26,29). The molecule has 0 radical (unpaired) electrons. The van der Waals surface area contributed by atoms with Crippen LogP contribution >= 0.6 is 0 Å². The average Bonchev–Trinajstić information content (AvgIpc) is 3.06.